The van der Waals surface area contributed by atoms with Crippen molar-refractivity contribution in [2.45, 2.75) is 12.8 Å². The van der Waals surface area contributed by atoms with Gasteiger partial charge in [-0.2, -0.15) is 0 Å². The Kier molecular flexibility index (Phi) is 2.35. The van der Waals surface area contributed by atoms with Crippen LogP contribution in [0.2, 0.25) is 0 Å². The van der Waals surface area contributed by atoms with Gasteiger partial charge in [-0.3, -0.25) is 0 Å². The smallest absolute Gasteiger partial charge is 0.0538 e. The van der Waals surface area contributed by atoms with Crippen molar-refractivity contribution in [3.05, 3.63) is 0 Å². The van der Waals surface area contributed by atoms with Crippen LogP contribution in [0.1, 0.15) is 12.8 Å². The molecule has 0 aromatic heterocycles. The molecule has 2 aliphatic heterocycles. The van der Waals surface area contributed by atoms with Crippen molar-refractivity contribution in [3.63, 3.8) is 0 Å². The number of hydrogen-bond acceptors (Lipinski definition) is 3. The standard InChI is InChI=1S/C9H17NO2/c10-6-9(2-4-12-7-9)8-1-3-11-5-8/h8H,1-7,10H2. The van der Waals surface area contributed by atoms with E-state index >= 15 is 0 Å². The van der Waals surface area contributed by atoms with Crippen molar-refractivity contribution in [1.82, 2.24) is 0 Å². The van der Waals surface area contributed by atoms with Gasteiger partial charge in [0.25, 0.3) is 0 Å². The predicted octanol–water partition coefficient (Wildman–Crippen LogP) is 0.388. The van der Waals surface area contributed by atoms with Crippen molar-refractivity contribution < 1.29 is 9.47 Å². The molecule has 0 aliphatic carbocycles. The van der Waals surface area contributed by atoms with Gasteiger partial charge < -0.3 is 15.2 Å². The number of nitrogens with two attached hydrogens (primary N) is 1. The van der Waals surface area contributed by atoms with Crippen LogP contribution >= 0.6 is 0 Å². The Bertz CT molecular complexity index is 149. The Balaban J connectivity index is 2.04. The lowest BCUT2D eigenvalue weighted by Gasteiger charge is -2.31. The normalized spacial score (nSPS) is 42.2. The molecule has 2 atom stereocenters. The Morgan fingerprint density at radius 2 is 2.25 bits per heavy atom. The van der Waals surface area contributed by atoms with Gasteiger partial charge in [0.2, 0.25) is 0 Å². The zero-order valence-electron chi connectivity index (χ0n) is 7.42. The monoisotopic (exact) mass is 171 g/mol. The minimum Gasteiger partial charge on any atom is -0.381 e. The number of hydrogen-bond donors (Lipinski definition) is 1. The fourth-order valence-electron chi connectivity index (χ4n) is 2.29. The molecule has 0 amide bonds. The Labute approximate surface area is 73.2 Å². The van der Waals surface area contributed by atoms with Crippen LogP contribution in [0, 0.1) is 11.3 Å². The zero-order valence-corrected chi connectivity index (χ0v) is 7.42. The van der Waals surface area contributed by atoms with Gasteiger partial charge in [-0.15, -0.1) is 0 Å². The summed E-state index contributed by atoms with van der Waals surface area (Å²) in [6.07, 6.45) is 2.29. The minimum absolute atomic E-state index is 0.247. The van der Waals surface area contributed by atoms with E-state index in [1.54, 1.807) is 0 Å². The molecule has 2 N–H and O–H groups in total. The summed E-state index contributed by atoms with van der Waals surface area (Å²) in [5.74, 6) is 0.644. The van der Waals surface area contributed by atoms with Gasteiger partial charge in [-0.25, -0.2) is 0 Å². The van der Waals surface area contributed by atoms with Gasteiger partial charge in [-0.05, 0) is 18.8 Å². The first kappa shape index (κ1) is 8.48. The van der Waals surface area contributed by atoms with Crippen molar-refractivity contribution >= 4 is 0 Å². The summed E-state index contributed by atoms with van der Waals surface area (Å²) in [7, 11) is 0. The van der Waals surface area contributed by atoms with Gasteiger partial charge >= 0.3 is 0 Å². The largest absolute Gasteiger partial charge is 0.381 e. The highest BCUT2D eigenvalue weighted by Crippen LogP contribution is 2.39. The third-order valence-electron chi connectivity index (χ3n) is 3.34. The summed E-state index contributed by atoms with van der Waals surface area (Å²) in [5.41, 5.74) is 6.06. The third-order valence-corrected chi connectivity index (χ3v) is 3.34. The second-order valence-electron chi connectivity index (χ2n) is 3.93. The summed E-state index contributed by atoms with van der Waals surface area (Å²) in [4.78, 5) is 0. The molecule has 0 radical (unpaired) electrons. The third kappa shape index (κ3) is 1.26. The predicted molar refractivity (Wildman–Crippen MR) is 45.8 cm³/mol. The Hall–Kier alpha value is -0.120. The first-order chi connectivity index (χ1) is 5.87. The second-order valence-corrected chi connectivity index (χ2v) is 3.93. The van der Waals surface area contributed by atoms with Crippen LogP contribution in [0.25, 0.3) is 0 Å². The molecule has 2 heterocycles. The minimum atomic E-state index is 0.247. The van der Waals surface area contributed by atoms with E-state index in [2.05, 4.69) is 0 Å². The van der Waals surface area contributed by atoms with Gasteiger partial charge in [0.15, 0.2) is 0 Å². The van der Waals surface area contributed by atoms with Crippen LogP contribution in [0.5, 0.6) is 0 Å². The lowest BCUT2D eigenvalue weighted by atomic mass is 9.74. The van der Waals surface area contributed by atoms with Crippen LogP contribution in [0.3, 0.4) is 0 Å². The van der Waals surface area contributed by atoms with E-state index in [9.17, 15) is 0 Å². The second kappa shape index (κ2) is 3.32. The van der Waals surface area contributed by atoms with E-state index in [0.717, 1.165) is 39.4 Å². The summed E-state index contributed by atoms with van der Waals surface area (Å²) in [6, 6.07) is 0. The highest BCUT2D eigenvalue weighted by Gasteiger charge is 2.42. The van der Waals surface area contributed by atoms with E-state index in [-0.39, 0.29) is 5.41 Å². The van der Waals surface area contributed by atoms with Crippen LogP contribution in [-0.2, 0) is 9.47 Å². The molecular formula is C9H17NO2. The first-order valence-electron chi connectivity index (χ1n) is 4.73. The van der Waals surface area contributed by atoms with Crippen molar-refractivity contribution in [1.29, 1.82) is 0 Å². The molecule has 2 rings (SSSR count). The van der Waals surface area contributed by atoms with Gasteiger partial charge in [-0.1, -0.05) is 0 Å². The fourth-order valence-corrected chi connectivity index (χ4v) is 2.29. The molecule has 70 valence electrons. The molecule has 12 heavy (non-hydrogen) atoms. The lowest BCUT2D eigenvalue weighted by molar-refractivity contribution is 0.0956. The van der Waals surface area contributed by atoms with Gasteiger partial charge in [0.1, 0.15) is 0 Å². The first-order valence-corrected chi connectivity index (χ1v) is 4.73. The van der Waals surface area contributed by atoms with Crippen LogP contribution < -0.4 is 5.73 Å². The van der Waals surface area contributed by atoms with E-state index in [1.807, 2.05) is 0 Å². The molecule has 3 nitrogen and oxygen atoms in total. The SMILES string of the molecule is NCC1(C2CCOC2)CCOC1. The van der Waals surface area contributed by atoms with Crippen molar-refractivity contribution in [2.24, 2.45) is 17.1 Å². The Morgan fingerprint density at radius 1 is 1.33 bits per heavy atom. The van der Waals surface area contributed by atoms with Gasteiger partial charge in [0, 0.05) is 25.2 Å². The maximum Gasteiger partial charge on any atom is 0.0538 e. The average molecular weight is 171 g/mol. The Morgan fingerprint density at radius 3 is 2.75 bits per heavy atom. The highest BCUT2D eigenvalue weighted by atomic mass is 16.5. The topological polar surface area (TPSA) is 44.5 Å². The average Bonchev–Trinajstić information content (AvgIpc) is 2.76. The highest BCUT2D eigenvalue weighted by molar-refractivity contribution is 4.92. The summed E-state index contributed by atoms with van der Waals surface area (Å²) in [6.45, 7) is 4.28. The van der Waals surface area contributed by atoms with E-state index in [4.69, 9.17) is 15.2 Å². The van der Waals surface area contributed by atoms with Gasteiger partial charge in [0.05, 0.1) is 13.2 Å². The summed E-state index contributed by atoms with van der Waals surface area (Å²) < 4.78 is 10.8. The van der Waals surface area contributed by atoms with Crippen molar-refractivity contribution in [3.8, 4) is 0 Å². The summed E-state index contributed by atoms with van der Waals surface area (Å²) >= 11 is 0. The van der Waals surface area contributed by atoms with E-state index in [0.29, 0.717) is 5.92 Å². The zero-order chi connectivity index (χ0) is 8.44. The lowest BCUT2D eigenvalue weighted by Crippen LogP contribution is -2.38. The molecule has 0 aromatic rings. The number of ether oxygens (including phenoxy) is 2. The maximum atomic E-state index is 5.81. The molecule has 0 aromatic carbocycles. The van der Waals surface area contributed by atoms with E-state index in [1.165, 1.54) is 6.42 Å². The van der Waals surface area contributed by atoms with Crippen LogP contribution in [0.4, 0.5) is 0 Å². The molecule has 2 unspecified atom stereocenters. The maximum absolute atomic E-state index is 5.81. The fraction of sp³-hybridized carbons (Fsp3) is 1.00. The van der Waals surface area contributed by atoms with Crippen LogP contribution in [-0.4, -0.2) is 33.0 Å². The molecule has 2 saturated heterocycles. The molecule has 2 fully saturated rings. The molecule has 2 aliphatic rings. The molecule has 0 spiro atoms. The van der Waals surface area contributed by atoms with E-state index < -0.39 is 0 Å². The molecule has 0 saturated carbocycles. The molecule has 3 heteroatoms. The van der Waals surface area contributed by atoms with Crippen LogP contribution in [0.15, 0.2) is 0 Å². The van der Waals surface area contributed by atoms with Crippen molar-refractivity contribution in [2.75, 3.05) is 33.0 Å². The number of rotatable bonds is 2. The molecule has 0 bridgehead atoms. The molecular weight excluding hydrogens is 154 g/mol. The summed E-state index contributed by atoms with van der Waals surface area (Å²) in [5, 5.41) is 0. The quantitative estimate of drug-likeness (QED) is 0.653.